The van der Waals surface area contributed by atoms with Gasteiger partial charge >= 0.3 is 0 Å². The van der Waals surface area contributed by atoms with Gasteiger partial charge < -0.3 is 14.5 Å². The number of carbonyl (C=O) groups excluding carboxylic acids is 1. The van der Waals surface area contributed by atoms with E-state index in [2.05, 4.69) is 86.7 Å². The first-order chi connectivity index (χ1) is 20.8. The summed E-state index contributed by atoms with van der Waals surface area (Å²) >= 11 is 1.82. The summed E-state index contributed by atoms with van der Waals surface area (Å²) in [5, 5.41) is 2.13. The first kappa shape index (κ1) is 35.1. The van der Waals surface area contributed by atoms with Crippen LogP contribution in [0.5, 0.6) is 5.75 Å². The third-order valence-electron chi connectivity index (χ3n) is 8.35. The van der Waals surface area contributed by atoms with E-state index in [1.165, 1.54) is 87.3 Å². The minimum atomic E-state index is -0.0129. The van der Waals surface area contributed by atoms with Crippen LogP contribution in [0.1, 0.15) is 128 Å². The number of amides is 1. The topological polar surface area (TPSA) is 32.8 Å². The predicted molar refractivity (Wildman–Crippen MR) is 187 cm³/mol. The van der Waals surface area contributed by atoms with E-state index in [0.717, 1.165) is 43.3 Å². The van der Waals surface area contributed by atoms with Crippen molar-refractivity contribution in [2.75, 3.05) is 23.9 Å². The molecule has 0 fully saturated rings. The third-order valence-corrected chi connectivity index (χ3v) is 9.15. The van der Waals surface area contributed by atoms with E-state index in [1.807, 2.05) is 16.7 Å². The van der Waals surface area contributed by atoms with Crippen molar-refractivity contribution in [3.8, 4) is 5.75 Å². The summed E-state index contributed by atoms with van der Waals surface area (Å²) in [5.74, 6) is 2.08. The van der Waals surface area contributed by atoms with Gasteiger partial charge in [0.05, 0.1) is 12.5 Å². The Hall–Kier alpha value is -2.40. The summed E-state index contributed by atoms with van der Waals surface area (Å²) in [6.07, 6.45) is 19.2. The summed E-state index contributed by atoms with van der Waals surface area (Å²) in [7, 11) is 0. The number of hydrogen-bond donors (Lipinski definition) is 0. The zero-order valence-corrected chi connectivity index (χ0v) is 28.7. The number of anilines is 1. The molecule has 0 atom stereocenters. The van der Waals surface area contributed by atoms with Gasteiger partial charge in [0.25, 0.3) is 0 Å². The average Bonchev–Trinajstić information content (AvgIpc) is 3.49. The zero-order chi connectivity index (χ0) is 30.9. The molecule has 0 spiro atoms. The molecule has 0 unspecified atom stereocenters. The molecule has 238 valence electrons. The zero-order valence-electron chi connectivity index (χ0n) is 27.8. The molecule has 5 heteroatoms. The van der Waals surface area contributed by atoms with Gasteiger partial charge in [-0.25, -0.2) is 0 Å². The molecule has 4 nitrogen and oxygen atoms in total. The number of rotatable bonds is 20. The second-order valence-electron chi connectivity index (χ2n) is 13.2. The lowest BCUT2D eigenvalue weighted by atomic mass is 9.85. The van der Waals surface area contributed by atoms with Gasteiger partial charge in [0, 0.05) is 31.9 Å². The van der Waals surface area contributed by atoms with Crippen molar-refractivity contribution in [3.05, 3.63) is 70.8 Å². The molecule has 0 aliphatic carbocycles. The van der Waals surface area contributed by atoms with Crippen LogP contribution in [0.15, 0.2) is 54.1 Å². The molecule has 0 N–H and O–H groups in total. The lowest BCUT2D eigenvalue weighted by molar-refractivity contribution is -0.116. The van der Waals surface area contributed by atoms with Crippen molar-refractivity contribution < 1.29 is 9.53 Å². The molecule has 1 aliphatic heterocycles. The van der Waals surface area contributed by atoms with Crippen molar-refractivity contribution in [2.45, 2.75) is 130 Å². The van der Waals surface area contributed by atoms with Crippen LogP contribution < -0.4 is 9.64 Å². The molecule has 2 aromatic carbocycles. The second-order valence-corrected chi connectivity index (χ2v) is 14.1. The van der Waals surface area contributed by atoms with Crippen LogP contribution in [0.4, 0.5) is 5.69 Å². The normalized spacial score (nSPS) is 13.1. The molecular formula is C38H58N2O2S. The van der Waals surface area contributed by atoms with Crippen LogP contribution >= 0.6 is 11.8 Å². The van der Waals surface area contributed by atoms with Crippen LogP contribution in [0.3, 0.4) is 0 Å². The summed E-state index contributed by atoms with van der Waals surface area (Å²) in [4.78, 5) is 16.8. The number of carbonyl (C=O) groups is 1. The molecule has 0 saturated heterocycles. The van der Waals surface area contributed by atoms with E-state index < -0.39 is 0 Å². The van der Waals surface area contributed by atoms with Gasteiger partial charge in [-0.1, -0.05) is 123 Å². The Morgan fingerprint density at radius 2 is 1.47 bits per heavy atom. The van der Waals surface area contributed by atoms with Crippen LogP contribution in [0.25, 0.3) is 0 Å². The van der Waals surface area contributed by atoms with E-state index in [1.54, 1.807) is 6.92 Å². The van der Waals surface area contributed by atoms with Crippen molar-refractivity contribution in [3.63, 3.8) is 0 Å². The summed E-state index contributed by atoms with van der Waals surface area (Å²) in [6.45, 7) is 13.0. The summed E-state index contributed by atoms with van der Waals surface area (Å²) in [6, 6.07) is 15.1. The first-order valence-corrected chi connectivity index (χ1v) is 18.0. The molecule has 1 amide bonds. The lowest BCUT2D eigenvalue weighted by Crippen LogP contribution is -2.30. The van der Waals surface area contributed by atoms with Gasteiger partial charge in [-0.05, 0) is 58.6 Å². The standard InChI is InChI=1S/C38H58N2O2S/c1-6-7-8-9-10-11-12-13-14-15-16-17-27-42-37-23-20-33(29-36(37)38(3,4)5)24-25-40(32(2)41)35-21-18-34(19-22-35)30-39-26-28-43-31-39/h18-23,26,28-29H,6-17,24-25,27,30-31H2,1-5H3. The van der Waals surface area contributed by atoms with E-state index in [-0.39, 0.29) is 11.3 Å². The third kappa shape index (κ3) is 13.0. The maximum absolute atomic E-state index is 12.6. The average molecular weight is 607 g/mol. The quantitative estimate of drug-likeness (QED) is 0.140. The Balaban J connectivity index is 1.44. The first-order valence-electron chi connectivity index (χ1n) is 16.9. The molecule has 3 rings (SSSR count). The Kier molecular flexibility index (Phi) is 15.6. The highest BCUT2D eigenvalue weighted by Crippen LogP contribution is 2.33. The van der Waals surface area contributed by atoms with Gasteiger partial charge in [-0.2, -0.15) is 0 Å². The Morgan fingerprint density at radius 1 is 0.860 bits per heavy atom. The highest BCUT2D eigenvalue weighted by Gasteiger charge is 2.20. The molecular weight excluding hydrogens is 548 g/mol. The monoisotopic (exact) mass is 606 g/mol. The molecule has 2 aromatic rings. The van der Waals surface area contributed by atoms with Crippen molar-refractivity contribution >= 4 is 23.4 Å². The number of nitrogens with zero attached hydrogens (tertiary/aromatic N) is 2. The summed E-state index contributed by atoms with van der Waals surface area (Å²) < 4.78 is 6.33. The highest BCUT2D eigenvalue weighted by atomic mass is 32.2. The fourth-order valence-corrected chi connectivity index (χ4v) is 6.42. The fourth-order valence-electron chi connectivity index (χ4n) is 5.70. The van der Waals surface area contributed by atoms with E-state index >= 15 is 0 Å². The Labute approximate surface area is 267 Å². The van der Waals surface area contributed by atoms with E-state index in [0.29, 0.717) is 6.54 Å². The summed E-state index contributed by atoms with van der Waals surface area (Å²) in [5.41, 5.74) is 4.69. The van der Waals surface area contributed by atoms with Crippen LogP contribution in [-0.2, 0) is 23.2 Å². The van der Waals surface area contributed by atoms with Gasteiger partial charge in [-0.15, -0.1) is 11.8 Å². The van der Waals surface area contributed by atoms with Gasteiger partial charge in [-0.3, -0.25) is 4.79 Å². The van der Waals surface area contributed by atoms with E-state index in [9.17, 15) is 4.79 Å². The molecule has 0 bridgehead atoms. The molecule has 1 aliphatic rings. The second kappa shape index (κ2) is 19.1. The number of unbranched alkanes of at least 4 members (excludes halogenated alkanes) is 11. The van der Waals surface area contributed by atoms with Crippen molar-refractivity contribution in [1.82, 2.24) is 4.90 Å². The fraction of sp³-hybridized carbons (Fsp3) is 0.605. The predicted octanol–water partition coefficient (Wildman–Crippen LogP) is 10.6. The van der Waals surface area contributed by atoms with Crippen LogP contribution in [-0.4, -0.2) is 29.8 Å². The van der Waals surface area contributed by atoms with Crippen molar-refractivity contribution in [1.29, 1.82) is 0 Å². The number of hydrogen-bond acceptors (Lipinski definition) is 4. The van der Waals surface area contributed by atoms with Gasteiger partial charge in [0.2, 0.25) is 5.91 Å². The minimum absolute atomic E-state index is 0.0129. The molecule has 0 radical (unpaired) electrons. The minimum Gasteiger partial charge on any atom is -0.493 e. The number of thioether (sulfide) groups is 1. The van der Waals surface area contributed by atoms with Crippen LogP contribution in [0, 0.1) is 0 Å². The maximum Gasteiger partial charge on any atom is 0.223 e. The van der Waals surface area contributed by atoms with E-state index in [4.69, 9.17) is 4.74 Å². The lowest BCUT2D eigenvalue weighted by Gasteiger charge is -2.25. The number of benzene rings is 2. The van der Waals surface area contributed by atoms with Crippen molar-refractivity contribution in [2.24, 2.45) is 0 Å². The Bertz CT molecular complexity index is 1110. The molecule has 1 heterocycles. The maximum atomic E-state index is 12.6. The van der Waals surface area contributed by atoms with Gasteiger partial charge in [0.1, 0.15) is 5.75 Å². The molecule has 0 saturated carbocycles. The van der Waals surface area contributed by atoms with Gasteiger partial charge in [0.15, 0.2) is 0 Å². The number of ether oxygens (including phenoxy) is 1. The Morgan fingerprint density at radius 3 is 2.02 bits per heavy atom. The smallest absolute Gasteiger partial charge is 0.223 e. The highest BCUT2D eigenvalue weighted by molar-refractivity contribution is 8.02. The molecule has 43 heavy (non-hydrogen) atoms. The SMILES string of the molecule is CCCCCCCCCCCCCCOc1ccc(CCN(C(C)=O)c2ccc(CN3C=CSC3)cc2)cc1C(C)(C)C. The molecule has 0 aromatic heterocycles. The largest absolute Gasteiger partial charge is 0.493 e. The van der Waals surface area contributed by atoms with Crippen LogP contribution in [0.2, 0.25) is 0 Å².